The maximum absolute atomic E-state index is 12.4. The van der Waals surface area contributed by atoms with Crippen LogP contribution in [-0.4, -0.2) is 27.3 Å². The molecule has 3 N–H and O–H groups in total. The van der Waals surface area contributed by atoms with E-state index in [1.54, 1.807) is 31.2 Å². The van der Waals surface area contributed by atoms with Gasteiger partial charge in [-0.05, 0) is 32.1 Å². The Morgan fingerprint density at radius 1 is 1.29 bits per heavy atom. The fourth-order valence-electron chi connectivity index (χ4n) is 2.07. The summed E-state index contributed by atoms with van der Waals surface area (Å²) < 4.78 is 1.26. The second-order valence-corrected chi connectivity index (χ2v) is 5.64. The Morgan fingerprint density at radius 2 is 1.96 bits per heavy atom. The zero-order valence-electron chi connectivity index (χ0n) is 13.5. The number of nitrogens with zero attached hydrogens (tertiary/aromatic N) is 2. The summed E-state index contributed by atoms with van der Waals surface area (Å²) in [6.45, 7) is 8.28. The zero-order valence-corrected chi connectivity index (χ0v) is 14.4. The van der Waals surface area contributed by atoms with Crippen LogP contribution in [0.4, 0.5) is 0 Å². The third-order valence-corrected chi connectivity index (χ3v) is 3.47. The number of amides is 1. The number of rotatable bonds is 4. The molecule has 1 aromatic heterocycles. The molecule has 1 aromatic carbocycles. The average Bonchev–Trinajstić information content (AvgIpc) is 2.58. The number of fused-ring (bicyclic) bond motifs is 1. The molecule has 126 valence electrons. The molecule has 1 heterocycles. The normalized spacial score (nSPS) is 10.2. The molecule has 0 aliphatic rings. The minimum atomic E-state index is -0.479. The Hall–Kier alpha value is -2.74. The molecule has 0 atom stereocenters. The molecule has 0 radical (unpaired) electrons. The number of thiocarbonyl (C=S) groups is 1. The number of nitrogens with one attached hydrogen (secondary N) is 3. The fourth-order valence-corrected chi connectivity index (χ4v) is 2.19. The summed E-state index contributed by atoms with van der Waals surface area (Å²) in [4.78, 5) is 24.7. The third kappa shape index (κ3) is 3.96. The van der Waals surface area contributed by atoms with Crippen LogP contribution in [0.25, 0.3) is 10.8 Å². The molecule has 0 spiro atoms. The Labute approximate surface area is 144 Å². The molecular weight excluding hydrogens is 326 g/mol. The van der Waals surface area contributed by atoms with Gasteiger partial charge in [0.15, 0.2) is 10.8 Å². The zero-order chi connectivity index (χ0) is 17.7. The first kappa shape index (κ1) is 17.6. The van der Waals surface area contributed by atoms with Gasteiger partial charge in [-0.2, -0.15) is 5.10 Å². The maximum Gasteiger partial charge on any atom is 0.290 e. The SMILES string of the molecule is C=C(C)CNC(=S)NNC(=O)c1nn(CC)c(=O)c2ccccc12. The quantitative estimate of drug-likeness (QED) is 0.437. The van der Waals surface area contributed by atoms with Crippen molar-refractivity contribution in [1.82, 2.24) is 25.9 Å². The van der Waals surface area contributed by atoms with Crippen LogP contribution in [0.2, 0.25) is 0 Å². The van der Waals surface area contributed by atoms with Crippen molar-refractivity contribution in [3.05, 3.63) is 52.5 Å². The highest BCUT2D eigenvalue weighted by atomic mass is 32.1. The Balaban J connectivity index is 2.23. The molecule has 24 heavy (non-hydrogen) atoms. The molecule has 7 nitrogen and oxygen atoms in total. The highest BCUT2D eigenvalue weighted by Crippen LogP contribution is 2.12. The van der Waals surface area contributed by atoms with Gasteiger partial charge in [0.1, 0.15) is 0 Å². The van der Waals surface area contributed by atoms with Gasteiger partial charge in [-0.15, -0.1) is 0 Å². The highest BCUT2D eigenvalue weighted by molar-refractivity contribution is 7.80. The van der Waals surface area contributed by atoms with Crippen LogP contribution >= 0.6 is 12.2 Å². The van der Waals surface area contributed by atoms with E-state index in [1.807, 2.05) is 6.92 Å². The second kappa shape index (κ2) is 7.69. The maximum atomic E-state index is 12.4. The van der Waals surface area contributed by atoms with Crippen molar-refractivity contribution in [3.8, 4) is 0 Å². The van der Waals surface area contributed by atoms with Crippen molar-refractivity contribution in [2.24, 2.45) is 0 Å². The lowest BCUT2D eigenvalue weighted by Crippen LogP contribution is -2.47. The Bertz CT molecular complexity index is 859. The molecule has 8 heteroatoms. The fraction of sp³-hybridized carbons (Fsp3) is 0.250. The number of hydrogen-bond acceptors (Lipinski definition) is 4. The molecule has 1 amide bonds. The van der Waals surface area contributed by atoms with E-state index in [4.69, 9.17) is 12.2 Å². The first-order valence-corrected chi connectivity index (χ1v) is 7.83. The van der Waals surface area contributed by atoms with E-state index in [9.17, 15) is 9.59 Å². The number of hydrogen-bond donors (Lipinski definition) is 3. The second-order valence-electron chi connectivity index (χ2n) is 5.23. The van der Waals surface area contributed by atoms with E-state index in [2.05, 4.69) is 27.8 Å². The summed E-state index contributed by atoms with van der Waals surface area (Å²) in [5.74, 6) is -0.479. The van der Waals surface area contributed by atoms with Crippen molar-refractivity contribution < 1.29 is 4.79 Å². The van der Waals surface area contributed by atoms with Gasteiger partial charge >= 0.3 is 0 Å². The number of hydrazine groups is 1. The van der Waals surface area contributed by atoms with Gasteiger partial charge < -0.3 is 5.32 Å². The van der Waals surface area contributed by atoms with Crippen molar-refractivity contribution in [1.29, 1.82) is 0 Å². The van der Waals surface area contributed by atoms with Crippen LogP contribution < -0.4 is 21.7 Å². The highest BCUT2D eigenvalue weighted by Gasteiger charge is 2.16. The molecule has 0 aliphatic heterocycles. The topological polar surface area (TPSA) is 88.0 Å². The Morgan fingerprint density at radius 3 is 2.58 bits per heavy atom. The lowest BCUT2D eigenvalue weighted by atomic mass is 10.1. The van der Waals surface area contributed by atoms with E-state index in [0.717, 1.165) is 5.57 Å². The molecular formula is C16H19N5O2S. The first-order chi connectivity index (χ1) is 11.4. The van der Waals surface area contributed by atoms with Crippen LogP contribution in [-0.2, 0) is 6.54 Å². The van der Waals surface area contributed by atoms with Crippen LogP contribution in [0.15, 0.2) is 41.2 Å². The smallest absolute Gasteiger partial charge is 0.290 e. The summed E-state index contributed by atoms with van der Waals surface area (Å²) >= 11 is 5.05. The van der Waals surface area contributed by atoms with Crippen LogP contribution in [0.3, 0.4) is 0 Å². The molecule has 0 bridgehead atoms. The number of aryl methyl sites for hydroxylation is 1. The van der Waals surface area contributed by atoms with E-state index < -0.39 is 5.91 Å². The van der Waals surface area contributed by atoms with Crippen LogP contribution in [0, 0.1) is 0 Å². The number of aromatic nitrogens is 2. The lowest BCUT2D eigenvalue weighted by molar-refractivity contribution is 0.0938. The van der Waals surface area contributed by atoms with Crippen molar-refractivity contribution in [2.75, 3.05) is 6.54 Å². The summed E-state index contributed by atoms with van der Waals surface area (Å²) in [6, 6.07) is 6.87. The van der Waals surface area contributed by atoms with Gasteiger partial charge in [0.05, 0.1) is 5.39 Å². The minimum Gasteiger partial charge on any atom is -0.358 e. The number of benzene rings is 1. The van der Waals surface area contributed by atoms with Gasteiger partial charge in [0.2, 0.25) is 0 Å². The average molecular weight is 345 g/mol. The number of carbonyl (C=O) groups excluding carboxylic acids is 1. The lowest BCUT2D eigenvalue weighted by Gasteiger charge is -2.13. The molecule has 2 aromatic rings. The largest absolute Gasteiger partial charge is 0.358 e. The van der Waals surface area contributed by atoms with Crippen molar-refractivity contribution in [2.45, 2.75) is 20.4 Å². The molecule has 0 saturated carbocycles. The Kier molecular flexibility index (Phi) is 5.64. The third-order valence-electron chi connectivity index (χ3n) is 3.22. The molecule has 0 fully saturated rings. The summed E-state index contributed by atoms with van der Waals surface area (Å²) in [5, 5.41) is 8.24. The van der Waals surface area contributed by atoms with Gasteiger partial charge in [-0.3, -0.25) is 20.4 Å². The number of carbonyl (C=O) groups is 1. The van der Waals surface area contributed by atoms with Gasteiger partial charge in [-0.1, -0.05) is 30.4 Å². The van der Waals surface area contributed by atoms with E-state index in [0.29, 0.717) is 23.9 Å². The molecule has 0 saturated heterocycles. The van der Waals surface area contributed by atoms with Gasteiger partial charge in [0.25, 0.3) is 11.5 Å². The van der Waals surface area contributed by atoms with Crippen molar-refractivity contribution in [3.63, 3.8) is 0 Å². The summed E-state index contributed by atoms with van der Waals surface area (Å²) in [5.41, 5.74) is 5.93. The molecule has 2 rings (SSSR count). The van der Waals surface area contributed by atoms with Crippen molar-refractivity contribution >= 4 is 34.0 Å². The van der Waals surface area contributed by atoms with E-state index in [-0.39, 0.29) is 16.4 Å². The summed E-state index contributed by atoms with van der Waals surface area (Å²) in [6.07, 6.45) is 0. The van der Waals surface area contributed by atoms with E-state index >= 15 is 0 Å². The monoisotopic (exact) mass is 345 g/mol. The first-order valence-electron chi connectivity index (χ1n) is 7.42. The predicted molar refractivity (Wildman–Crippen MR) is 97.7 cm³/mol. The van der Waals surface area contributed by atoms with Gasteiger partial charge in [0, 0.05) is 18.5 Å². The van der Waals surface area contributed by atoms with E-state index in [1.165, 1.54) is 4.68 Å². The summed E-state index contributed by atoms with van der Waals surface area (Å²) in [7, 11) is 0. The molecule has 0 unspecified atom stereocenters. The van der Waals surface area contributed by atoms with Gasteiger partial charge in [-0.25, -0.2) is 4.68 Å². The van der Waals surface area contributed by atoms with Crippen LogP contribution in [0.5, 0.6) is 0 Å². The minimum absolute atomic E-state index is 0.155. The predicted octanol–water partition coefficient (Wildman–Crippen LogP) is 1.10. The standard InChI is InChI=1S/C16H19N5O2S/c1-4-21-15(23)12-8-6-5-7-11(12)13(20-21)14(22)18-19-16(24)17-9-10(2)3/h5-8H,2,4,9H2,1,3H3,(H,18,22)(H2,17,19,24). The van der Waals surface area contributed by atoms with Crippen LogP contribution in [0.1, 0.15) is 24.3 Å². The molecule has 0 aliphatic carbocycles.